The Kier molecular flexibility index (Phi) is 8.55. The quantitative estimate of drug-likeness (QED) is 0.184. The van der Waals surface area contributed by atoms with E-state index in [4.69, 9.17) is 5.10 Å². The minimum Gasteiger partial charge on any atom is -0.344 e. The summed E-state index contributed by atoms with van der Waals surface area (Å²) in [7, 11) is 0. The number of rotatable bonds is 9. The Morgan fingerprint density at radius 3 is 2.47 bits per heavy atom. The molecule has 0 saturated carbocycles. The van der Waals surface area contributed by atoms with Crippen LogP contribution in [0, 0.1) is 20.8 Å². The molecule has 1 unspecified atom stereocenters. The molecule has 3 aromatic heterocycles. The van der Waals surface area contributed by atoms with Gasteiger partial charge in [-0.3, -0.25) is 14.2 Å². The first-order valence-corrected chi connectivity index (χ1v) is 16.6. The molecule has 1 N–H and O–H groups in total. The fourth-order valence-corrected chi connectivity index (χ4v) is 7.11. The van der Waals surface area contributed by atoms with Crippen LogP contribution in [-0.2, 0) is 11.3 Å². The van der Waals surface area contributed by atoms with E-state index in [1.165, 1.54) is 28.7 Å². The predicted molar refractivity (Wildman–Crippen MR) is 173 cm³/mol. The van der Waals surface area contributed by atoms with Gasteiger partial charge in [-0.25, -0.2) is 5.01 Å². The maximum Gasteiger partial charge on any atom is 0.261 e. The highest BCUT2D eigenvalue weighted by atomic mass is 32.2. The third-order valence-electron chi connectivity index (χ3n) is 7.22. The molecule has 2 amide bonds. The van der Waals surface area contributed by atoms with Crippen LogP contribution in [0.15, 0.2) is 87.7 Å². The summed E-state index contributed by atoms with van der Waals surface area (Å²) < 4.78 is 1.94. The molecule has 0 aliphatic carbocycles. The summed E-state index contributed by atoms with van der Waals surface area (Å²) >= 11 is 4.34. The smallest absolute Gasteiger partial charge is 0.261 e. The highest BCUT2D eigenvalue weighted by Crippen LogP contribution is 2.35. The Morgan fingerprint density at radius 2 is 1.72 bits per heavy atom. The minimum atomic E-state index is -0.175. The van der Waals surface area contributed by atoms with Crippen molar-refractivity contribution in [3.05, 3.63) is 115 Å². The molecule has 218 valence electrons. The molecule has 4 heterocycles. The number of aromatic nitrogens is 3. The lowest BCUT2D eigenvalue weighted by molar-refractivity contribution is -0.130. The van der Waals surface area contributed by atoms with Crippen molar-refractivity contribution in [2.45, 2.75) is 44.9 Å². The lowest BCUT2D eigenvalue weighted by atomic mass is 10.00. The number of hydrazone groups is 1. The van der Waals surface area contributed by atoms with E-state index in [0.717, 1.165) is 33.0 Å². The van der Waals surface area contributed by atoms with Crippen LogP contribution in [0.1, 0.15) is 55.1 Å². The van der Waals surface area contributed by atoms with Gasteiger partial charge in [0.2, 0.25) is 0 Å². The molecule has 43 heavy (non-hydrogen) atoms. The van der Waals surface area contributed by atoms with E-state index in [1.54, 1.807) is 22.4 Å². The van der Waals surface area contributed by atoms with Crippen molar-refractivity contribution < 1.29 is 9.59 Å². The average molecular weight is 627 g/mol. The zero-order valence-corrected chi connectivity index (χ0v) is 26.4. The standard InChI is InChI=1S/C32H30N6O2S3/c1-20-9-12-23(13-10-20)26-17-24(27-6-4-14-41-27)36-38(26)30(39)19-43-32-35-34-29(18-33-31(40)28-7-5-15-42-28)37(32)25-16-21(2)8-11-22(25)3/h4-16,26H,17-19H2,1-3H3,(H,33,40). The van der Waals surface area contributed by atoms with Crippen molar-refractivity contribution in [3.8, 4) is 5.69 Å². The van der Waals surface area contributed by atoms with E-state index >= 15 is 0 Å². The summed E-state index contributed by atoms with van der Waals surface area (Å²) in [5.74, 6) is 0.453. The largest absolute Gasteiger partial charge is 0.344 e. The van der Waals surface area contributed by atoms with Gasteiger partial charge in [-0.05, 0) is 66.4 Å². The van der Waals surface area contributed by atoms with Gasteiger partial charge in [-0.1, -0.05) is 65.9 Å². The van der Waals surface area contributed by atoms with E-state index < -0.39 is 0 Å². The number of carbonyl (C=O) groups is 2. The Morgan fingerprint density at radius 1 is 0.953 bits per heavy atom. The third kappa shape index (κ3) is 6.34. The SMILES string of the molecule is Cc1ccc(C2CC(c3cccs3)=NN2C(=O)CSc2nnc(CNC(=O)c3cccs3)n2-c2cc(C)ccc2C)cc1. The number of thioether (sulfide) groups is 1. The number of hydrogen-bond donors (Lipinski definition) is 1. The van der Waals surface area contributed by atoms with Crippen molar-refractivity contribution in [3.63, 3.8) is 0 Å². The summed E-state index contributed by atoms with van der Waals surface area (Å²) in [5.41, 5.74) is 6.18. The second-order valence-corrected chi connectivity index (χ2v) is 13.2. The molecule has 1 aliphatic heterocycles. The fraction of sp³-hybridized carbons (Fsp3) is 0.219. The first-order chi connectivity index (χ1) is 20.9. The van der Waals surface area contributed by atoms with Crippen molar-refractivity contribution in [2.75, 3.05) is 5.75 Å². The van der Waals surface area contributed by atoms with Crippen molar-refractivity contribution >= 4 is 52.0 Å². The molecule has 11 heteroatoms. The molecule has 0 bridgehead atoms. The molecule has 2 aromatic carbocycles. The first-order valence-electron chi connectivity index (χ1n) is 13.8. The third-order valence-corrected chi connectivity index (χ3v) is 9.92. The minimum absolute atomic E-state index is 0.106. The lowest BCUT2D eigenvalue weighted by Crippen LogP contribution is -2.28. The van der Waals surface area contributed by atoms with Crippen LogP contribution in [0.2, 0.25) is 0 Å². The number of aryl methyl sites for hydroxylation is 3. The molecule has 1 atom stereocenters. The van der Waals surface area contributed by atoms with Crippen LogP contribution < -0.4 is 5.32 Å². The van der Waals surface area contributed by atoms with Crippen LogP contribution in [0.4, 0.5) is 0 Å². The summed E-state index contributed by atoms with van der Waals surface area (Å²) in [6.45, 7) is 6.31. The monoisotopic (exact) mass is 626 g/mol. The number of amides is 2. The van der Waals surface area contributed by atoms with Gasteiger partial charge in [-0.2, -0.15) is 5.10 Å². The Hall–Kier alpha value is -4.06. The van der Waals surface area contributed by atoms with Crippen LogP contribution in [0.3, 0.4) is 0 Å². The number of benzene rings is 2. The first kappa shape index (κ1) is 29.0. The number of hydrogen-bond acceptors (Lipinski definition) is 8. The molecular formula is C32H30N6O2S3. The Balaban J connectivity index is 1.26. The van der Waals surface area contributed by atoms with Gasteiger partial charge in [0.15, 0.2) is 11.0 Å². The van der Waals surface area contributed by atoms with Gasteiger partial charge in [0.05, 0.1) is 39.5 Å². The maximum atomic E-state index is 13.8. The van der Waals surface area contributed by atoms with Gasteiger partial charge in [0.1, 0.15) is 0 Å². The van der Waals surface area contributed by atoms with Crippen LogP contribution in [-0.4, -0.2) is 43.1 Å². The van der Waals surface area contributed by atoms with Crippen molar-refractivity contribution in [2.24, 2.45) is 5.10 Å². The number of nitrogens with zero attached hydrogens (tertiary/aromatic N) is 5. The van der Waals surface area contributed by atoms with Crippen LogP contribution in [0.25, 0.3) is 5.69 Å². The highest BCUT2D eigenvalue weighted by Gasteiger charge is 2.33. The van der Waals surface area contributed by atoms with Gasteiger partial charge in [0.25, 0.3) is 11.8 Å². The molecule has 0 radical (unpaired) electrons. The summed E-state index contributed by atoms with van der Waals surface area (Å²) in [6, 6.07) is 22.0. The normalized spacial score (nSPS) is 14.6. The zero-order chi connectivity index (χ0) is 29.9. The predicted octanol–water partition coefficient (Wildman–Crippen LogP) is 6.72. The van der Waals surface area contributed by atoms with Crippen LogP contribution in [0.5, 0.6) is 0 Å². The van der Waals surface area contributed by atoms with Gasteiger partial charge in [0, 0.05) is 6.42 Å². The molecular weight excluding hydrogens is 597 g/mol. The van der Waals surface area contributed by atoms with Gasteiger partial charge in [-0.15, -0.1) is 32.9 Å². The molecule has 8 nitrogen and oxygen atoms in total. The molecule has 6 rings (SSSR count). The molecule has 1 aliphatic rings. The van der Waals surface area contributed by atoms with Gasteiger partial charge >= 0.3 is 0 Å². The topological polar surface area (TPSA) is 92.5 Å². The number of nitrogens with one attached hydrogen (secondary N) is 1. The summed E-state index contributed by atoms with van der Waals surface area (Å²) in [6.07, 6.45) is 0.659. The van der Waals surface area contributed by atoms with E-state index in [2.05, 4.69) is 64.9 Å². The maximum absolute atomic E-state index is 13.8. The fourth-order valence-electron chi connectivity index (χ4n) is 4.94. The highest BCUT2D eigenvalue weighted by molar-refractivity contribution is 7.99. The lowest BCUT2D eigenvalue weighted by Gasteiger charge is -2.22. The zero-order valence-electron chi connectivity index (χ0n) is 24.0. The average Bonchev–Trinajstić information content (AvgIpc) is 3.83. The second kappa shape index (κ2) is 12.7. The van der Waals surface area contributed by atoms with Crippen molar-refractivity contribution in [1.82, 2.24) is 25.1 Å². The van der Waals surface area contributed by atoms with E-state index in [1.807, 2.05) is 47.4 Å². The number of thiophene rings is 2. The van der Waals surface area contributed by atoms with E-state index in [0.29, 0.717) is 22.3 Å². The van der Waals surface area contributed by atoms with E-state index in [9.17, 15) is 9.59 Å². The summed E-state index contributed by atoms with van der Waals surface area (Å²) in [5, 5.41) is 22.8. The molecule has 0 saturated heterocycles. The van der Waals surface area contributed by atoms with E-state index in [-0.39, 0.29) is 30.2 Å². The summed E-state index contributed by atoms with van der Waals surface area (Å²) in [4.78, 5) is 28.2. The van der Waals surface area contributed by atoms with Gasteiger partial charge < -0.3 is 5.32 Å². The molecule has 0 fully saturated rings. The Labute approximate surface area is 262 Å². The second-order valence-electron chi connectivity index (χ2n) is 10.4. The molecule has 5 aromatic rings. The van der Waals surface area contributed by atoms with Crippen molar-refractivity contribution in [1.29, 1.82) is 0 Å². The Bertz CT molecular complexity index is 1780. The van der Waals surface area contributed by atoms with Crippen LogP contribution >= 0.6 is 34.4 Å². The number of carbonyl (C=O) groups excluding carboxylic acids is 2. The molecule has 0 spiro atoms.